The van der Waals surface area contributed by atoms with Gasteiger partial charge in [-0.3, -0.25) is 0 Å². The molecule has 0 aliphatic rings. The molecule has 4 heteroatoms. The zero-order valence-electron chi connectivity index (χ0n) is 12.7. The normalized spacial score (nSPS) is 10.7. The minimum atomic E-state index is 0.952. The topological polar surface area (TPSA) is 25.8 Å². The van der Waals surface area contributed by atoms with Crippen LogP contribution in [-0.2, 0) is 0 Å². The highest BCUT2D eigenvalue weighted by Gasteiger charge is 2.12. The fraction of sp³-hybridized carbons (Fsp3) is 0. The predicted octanol–water partition coefficient (Wildman–Crippen LogP) is 6.14. The fourth-order valence-electron chi connectivity index (χ4n) is 2.53. The average molecular weight is 440 g/mol. The number of halogens is 1. The number of nitrogens with zero attached hydrogens (tertiary/aromatic N) is 2. The van der Waals surface area contributed by atoms with Crippen LogP contribution in [0.3, 0.4) is 0 Å². The first kappa shape index (κ1) is 15.5. The minimum Gasteiger partial charge on any atom is -0.138 e. The van der Waals surface area contributed by atoms with Crippen molar-refractivity contribution in [2.75, 3.05) is 0 Å². The summed E-state index contributed by atoms with van der Waals surface area (Å²) in [5.41, 5.74) is 4.69. The summed E-state index contributed by atoms with van der Waals surface area (Å²) in [5, 5.41) is 10.6. The Bertz CT molecular complexity index is 965. The fourth-order valence-corrected chi connectivity index (χ4v) is 4.37. The first-order valence-electron chi connectivity index (χ1n) is 7.55. The van der Waals surface area contributed by atoms with Crippen LogP contribution in [0.25, 0.3) is 32.3 Å². The second-order valence-electron chi connectivity index (χ2n) is 5.34. The van der Waals surface area contributed by atoms with Gasteiger partial charge in [0, 0.05) is 14.7 Å². The summed E-state index contributed by atoms with van der Waals surface area (Å²) in [4.78, 5) is 0. The van der Waals surface area contributed by atoms with Crippen LogP contribution in [0.1, 0.15) is 0 Å². The maximum atomic E-state index is 4.39. The molecule has 1 aromatic heterocycles. The highest BCUT2D eigenvalue weighted by molar-refractivity contribution is 14.1. The zero-order valence-corrected chi connectivity index (χ0v) is 15.7. The number of benzene rings is 3. The molecule has 0 saturated heterocycles. The van der Waals surface area contributed by atoms with Crippen LogP contribution in [0, 0.1) is 3.57 Å². The Balaban J connectivity index is 1.69. The largest absolute Gasteiger partial charge is 0.149 e. The molecular formula is C20H13IN2S. The van der Waals surface area contributed by atoms with Gasteiger partial charge in [0.15, 0.2) is 0 Å². The molecule has 4 aromatic rings. The van der Waals surface area contributed by atoms with Gasteiger partial charge in [-0.15, -0.1) is 10.2 Å². The van der Waals surface area contributed by atoms with E-state index in [9.17, 15) is 0 Å². The van der Waals surface area contributed by atoms with Crippen LogP contribution < -0.4 is 0 Å². The van der Waals surface area contributed by atoms with Crippen molar-refractivity contribution in [2.24, 2.45) is 0 Å². The van der Waals surface area contributed by atoms with Gasteiger partial charge in [-0.1, -0.05) is 84.1 Å². The van der Waals surface area contributed by atoms with E-state index >= 15 is 0 Å². The summed E-state index contributed by atoms with van der Waals surface area (Å²) < 4.78 is 1.18. The third-order valence-electron chi connectivity index (χ3n) is 3.75. The van der Waals surface area contributed by atoms with Crippen molar-refractivity contribution in [1.82, 2.24) is 10.2 Å². The van der Waals surface area contributed by atoms with Gasteiger partial charge >= 0.3 is 0 Å². The van der Waals surface area contributed by atoms with E-state index in [-0.39, 0.29) is 0 Å². The van der Waals surface area contributed by atoms with Crippen molar-refractivity contribution >= 4 is 33.9 Å². The van der Waals surface area contributed by atoms with E-state index in [1.807, 2.05) is 24.3 Å². The molecule has 0 amide bonds. The Hall–Kier alpha value is -2.05. The van der Waals surface area contributed by atoms with Crippen LogP contribution in [0.4, 0.5) is 0 Å². The van der Waals surface area contributed by atoms with Gasteiger partial charge in [0.2, 0.25) is 0 Å². The molecule has 4 rings (SSSR count). The second-order valence-corrected chi connectivity index (χ2v) is 7.48. The molecule has 0 aliphatic carbocycles. The highest BCUT2D eigenvalue weighted by Crippen LogP contribution is 2.34. The molecule has 116 valence electrons. The molecule has 0 spiro atoms. The van der Waals surface area contributed by atoms with Gasteiger partial charge in [-0.05, 0) is 39.8 Å². The summed E-state index contributed by atoms with van der Waals surface area (Å²) in [7, 11) is 0. The molecule has 3 aromatic carbocycles. The number of hydrogen-bond acceptors (Lipinski definition) is 3. The zero-order chi connectivity index (χ0) is 16.4. The van der Waals surface area contributed by atoms with Gasteiger partial charge in [-0.2, -0.15) is 0 Å². The lowest BCUT2D eigenvalue weighted by Crippen LogP contribution is -1.85. The quantitative estimate of drug-likeness (QED) is 0.358. The molecule has 0 unspecified atom stereocenters. The Labute approximate surface area is 158 Å². The summed E-state index contributed by atoms with van der Waals surface area (Å²) in [6.45, 7) is 0. The molecule has 0 bridgehead atoms. The standard InChI is InChI=1S/C20H13IN2S/c21-18-13-16(14-7-3-1-4-8-14)11-12-17(18)20-23-22-19(24-20)15-9-5-2-6-10-15/h1-13H. The number of rotatable bonds is 3. The van der Waals surface area contributed by atoms with Crippen molar-refractivity contribution in [3.63, 3.8) is 0 Å². The second kappa shape index (κ2) is 6.83. The first-order chi connectivity index (χ1) is 11.8. The SMILES string of the molecule is Ic1cc(-c2ccccc2)ccc1-c1nnc(-c2ccccc2)s1. The molecule has 2 nitrogen and oxygen atoms in total. The molecule has 0 aliphatic heterocycles. The van der Waals surface area contributed by atoms with Crippen LogP contribution in [0.15, 0.2) is 78.9 Å². The lowest BCUT2D eigenvalue weighted by atomic mass is 10.0. The van der Waals surface area contributed by atoms with Gasteiger partial charge in [0.25, 0.3) is 0 Å². The van der Waals surface area contributed by atoms with E-state index in [2.05, 4.69) is 87.4 Å². The maximum Gasteiger partial charge on any atom is 0.149 e. The number of aromatic nitrogens is 2. The highest BCUT2D eigenvalue weighted by atomic mass is 127. The van der Waals surface area contributed by atoms with Gasteiger partial charge in [0.1, 0.15) is 10.0 Å². The molecule has 0 saturated carbocycles. The molecule has 1 heterocycles. The minimum absolute atomic E-state index is 0.952. The van der Waals surface area contributed by atoms with E-state index in [1.165, 1.54) is 14.7 Å². The smallest absolute Gasteiger partial charge is 0.138 e. The molecule has 0 N–H and O–H groups in total. The molecular weight excluding hydrogens is 427 g/mol. The van der Waals surface area contributed by atoms with Crippen molar-refractivity contribution in [2.45, 2.75) is 0 Å². The van der Waals surface area contributed by atoms with Crippen LogP contribution in [-0.4, -0.2) is 10.2 Å². The molecule has 24 heavy (non-hydrogen) atoms. The van der Waals surface area contributed by atoms with Crippen LogP contribution >= 0.6 is 33.9 Å². The van der Waals surface area contributed by atoms with Crippen LogP contribution in [0.5, 0.6) is 0 Å². The van der Waals surface area contributed by atoms with E-state index in [1.54, 1.807) is 11.3 Å². The molecule has 0 fully saturated rings. The summed E-state index contributed by atoms with van der Waals surface area (Å²) >= 11 is 4.01. The lowest BCUT2D eigenvalue weighted by Gasteiger charge is -2.05. The van der Waals surface area contributed by atoms with E-state index in [4.69, 9.17) is 0 Å². The summed E-state index contributed by atoms with van der Waals surface area (Å²) in [6, 6.07) is 27.1. The van der Waals surface area contributed by atoms with Gasteiger partial charge < -0.3 is 0 Å². The molecule has 0 atom stereocenters. The summed E-state index contributed by atoms with van der Waals surface area (Å²) in [5.74, 6) is 0. The Morgan fingerprint density at radius 3 is 1.92 bits per heavy atom. The Morgan fingerprint density at radius 1 is 0.625 bits per heavy atom. The van der Waals surface area contributed by atoms with E-state index in [0.717, 1.165) is 21.1 Å². The van der Waals surface area contributed by atoms with Crippen molar-refractivity contribution < 1.29 is 0 Å². The number of hydrogen-bond donors (Lipinski definition) is 0. The first-order valence-corrected chi connectivity index (χ1v) is 9.45. The average Bonchev–Trinajstić information content (AvgIpc) is 3.13. The van der Waals surface area contributed by atoms with E-state index < -0.39 is 0 Å². The van der Waals surface area contributed by atoms with Crippen LogP contribution in [0.2, 0.25) is 0 Å². The molecule has 0 radical (unpaired) electrons. The Morgan fingerprint density at radius 2 is 1.25 bits per heavy atom. The predicted molar refractivity (Wildman–Crippen MR) is 109 cm³/mol. The van der Waals surface area contributed by atoms with Gasteiger partial charge in [-0.25, -0.2) is 0 Å². The third-order valence-corrected chi connectivity index (χ3v) is 5.65. The lowest BCUT2D eigenvalue weighted by molar-refractivity contribution is 1.10. The van der Waals surface area contributed by atoms with Crippen molar-refractivity contribution in [3.05, 3.63) is 82.4 Å². The van der Waals surface area contributed by atoms with E-state index in [0.29, 0.717) is 0 Å². The summed E-state index contributed by atoms with van der Waals surface area (Å²) in [6.07, 6.45) is 0. The van der Waals surface area contributed by atoms with Crippen molar-refractivity contribution in [3.8, 4) is 32.3 Å². The Kier molecular flexibility index (Phi) is 4.40. The third kappa shape index (κ3) is 3.12. The maximum absolute atomic E-state index is 4.39. The van der Waals surface area contributed by atoms with Gasteiger partial charge in [0.05, 0.1) is 0 Å². The monoisotopic (exact) mass is 440 g/mol. The van der Waals surface area contributed by atoms with Crippen molar-refractivity contribution in [1.29, 1.82) is 0 Å².